The summed E-state index contributed by atoms with van der Waals surface area (Å²) in [6.07, 6.45) is 3.25. The number of halogens is 1. The van der Waals surface area contributed by atoms with E-state index in [1.54, 1.807) is 12.1 Å². The number of benzene rings is 3. The van der Waals surface area contributed by atoms with Crippen molar-refractivity contribution >= 4 is 34.2 Å². The Balaban J connectivity index is 1.42. The minimum atomic E-state index is -0.451. The smallest absolute Gasteiger partial charge is 0.339 e. The molecule has 3 aromatic carbocycles. The van der Waals surface area contributed by atoms with Gasteiger partial charge in [0.15, 0.2) is 5.58 Å². The van der Waals surface area contributed by atoms with Crippen LogP contribution in [0, 0.1) is 0 Å². The van der Waals surface area contributed by atoms with E-state index in [2.05, 4.69) is 23.5 Å². The number of nitrogens with zero attached hydrogens (tertiary/aromatic N) is 1. The second-order valence-electron chi connectivity index (χ2n) is 7.65. The van der Waals surface area contributed by atoms with Gasteiger partial charge in [0.25, 0.3) is 0 Å². The van der Waals surface area contributed by atoms with Crippen LogP contribution in [-0.2, 0) is 4.74 Å². The summed E-state index contributed by atoms with van der Waals surface area (Å²) in [6.45, 7) is 1.90. The topological polar surface area (TPSA) is 64.4 Å². The van der Waals surface area contributed by atoms with Gasteiger partial charge in [-0.1, -0.05) is 41.9 Å². The van der Waals surface area contributed by atoms with Crippen molar-refractivity contribution in [1.82, 2.24) is 10.3 Å². The summed E-state index contributed by atoms with van der Waals surface area (Å²) in [4.78, 5) is 16.5. The molecule has 1 aromatic heterocycles. The Morgan fingerprint density at radius 2 is 1.75 bits per heavy atom. The maximum atomic E-state index is 11.7. The Labute approximate surface area is 190 Å². The molecule has 5 nitrogen and oxygen atoms in total. The molecule has 1 aliphatic heterocycles. The first-order chi connectivity index (χ1) is 15.6. The monoisotopic (exact) mass is 444 g/mol. The zero-order chi connectivity index (χ0) is 22.1. The first kappa shape index (κ1) is 20.5. The normalized spacial score (nSPS) is 13.8. The van der Waals surface area contributed by atoms with Crippen LogP contribution in [0.15, 0.2) is 71.2 Å². The number of aromatic nitrogens is 1. The van der Waals surface area contributed by atoms with Gasteiger partial charge >= 0.3 is 5.97 Å². The molecule has 0 saturated carbocycles. The maximum Gasteiger partial charge on any atom is 0.339 e. The van der Waals surface area contributed by atoms with Crippen LogP contribution in [0.2, 0.25) is 5.02 Å². The summed E-state index contributed by atoms with van der Waals surface area (Å²) in [7, 11) is 1.34. The van der Waals surface area contributed by atoms with Gasteiger partial charge < -0.3 is 14.5 Å². The average molecular weight is 445 g/mol. The van der Waals surface area contributed by atoms with Crippen LogP contribution in [0.5, 0.6) is 0 Å². The van der Waals surface area contributed by atoms with Crippen LogP contribution in [0.25, 0.3) is 39.3 Å². The van der Waals surface area contributed by atoms with E-state index >= 15 is 0 Å². The van der Waals surface area contributed by atoms with E-state index in [1.807, 2.05) is 36.4 Å². The first-order valence-corrected chi connectivity index (χ1v) is 10.8. The van der Waals surface area contributed by atoms with Crippen molar-refractivity contribution in [3.05, 3.63) is 82.9 Å². The summed E-state index contributed by atoms with van der Waals surface area (Å²) in [5, 5.41) is 3.70. The summed E-state index contributed by atoms with van der Waals surface area (Å²) >= 11 is 6.26. The Morgan fingerprint density at radius 1 is 1.00 bits per heavy atom. The largest absolute Gasteiger partial charge is 0.465 e. The van der Waals surface area contributed by atoms with E-state index < -0.39 is 5.97 Å². The zero-order valence-corrected chi connectivity index (χ0v) is 18.3. The highest BCUT2D eigenvalue weighted by atomic mass is 35.5. The van der Waals surface area contributed by atoms with Gasteiger partial charge in [0, 0.05) is 12.1 Å². The molecule has 0 aliphatic carbocycles. The number of carbonyl (C=O) groups is 1. The highest BCUT2D eigenvalue weighted by Gasteiger charge is 2.14. The van der Waals surface area contributed by atoms with Crippen molar-refractivity contribution in [3.8, 4) is 22.6 Å². The van der Waals surface area contributed by atoms with Crippen molar-refractivity contribution in [2.75, 3.05) is 20.2 Å². The van der Waals surface area contributed by atoms with E-state index in [-0.39, 0.29) is 0 Å². The lowest BCUT2D eigenvalue weighted by atomic mass is 10.00. The molecule has 0 amide bonds. The predicted molar refractivity (Wildman–Crippen MR) is 127 cm³/mol. The minimum Gasteiger partial charge on any atom is -0.465 e. The van der Waals surface area contributed by atoms with E-state index in [1.165, 1.54) is 18.2 Å². The average Bonchev–Trinajstić information content (AvgIpc) is 3.27. The van der Waals surface area contributed by atoms with Crippen LogP contribution in [0.3, 0.4) is 0 Å². The third kappa shape index (κ3) is 3.93. The van der Waals surface area contributed by atoms with Gasteiger partial charge in [-0.3, -0.25) is 0 Å². The van der Waals surface area contributed by atoms with Crippen LogP contribution < -0.4 is 5.32 Å². The van der Waals surface area contributed by atoms with Gasteiger partial charge in [0.1, 0.15) is 5.52 Å². The highest BCUT2D eigenvalue weighted by Crippen LogP contribution is 2.31. The van der Waals surface area contributed by atoms with Crippen molar-refractivity contribution in [1.29, 1.82) is 0 Å². The number of esters is 1. The number of carbonyl (C=O) groups excluding carboxylic acids is 1. The fraction of sp³-hybridized carbons (Fsp3) is 0.154. The number of hydrogen-bond donors (Lipinski definition) is 1. The quantitative estimate of drug-likeness (QED) is 0.392. The summed E-state index contributed by atoms with van der Waals surface area (Å²) in [6, 6.07) is 19.4. The molecule has 0 unspecified atom stereocenters. The molecule has 0 bridgehead atoms. The molecule has 4 aromatic rings. The number of nitrogens with one attached hydrogen (secondary N) is 1. The summed E-state index contributed by atoms with van der Waals surface area (Å²) in [5.41, 5.74) is 7.29. The molecule has 1 N–H and O–H groups in total. The first-order valence-electron chi connectivity index (χ1n) is 10.4. The Bertz CT molecular complexity index is 1340. The molecule has 0 saturated heterocycles. The Morgan fingerprint density at radius 3 is 2.47 bits per heavy atom. The van der Waals surface area contributed by atoms with Gasteiger partial charge in [0.2, 0.25) is 5.89 Å². The van der Waals surface area contributed by atoms with Gasteiger partial charge in [-0.05, 0) is 71.6 Å². The molecule has 0 atom stereocenters. The third-order valence-electron chi connectivity index (χ3n) is 5.66. The number of ether oxygens (including phenoxy) is 1. The highest BCUT2D eigenvalue weighted by molar-refractivity contribution is 6.33. The Hall–Kier alpha value is -3.41. The summed E-state index contributed by atoms with van der Waals surface area (Å²) < 4.78 is 10.7. The lowest BCUT2D eigenvalue weighted by Crippen LogP contribution is -2.19. The van der Waals surface area contributed by atoms with E-state index in [9.17, 15) is 4.79 Å². The van der Waals surface area contributed by atoms with Crippen LogP contribution in [0.4, 0.5) is 0 Å². The molecule has 0 fully saturated rings. The van der Waals surface area contributed by atoms with Gasteiger partial charge in [0.05, 0.1) is 17.7 Å². The molecule has 6 heteroatoms. The van der Waals surface area contributed by atoms with Crippen LogP contribution in [-0.4, -0.2) is 31.2 Å². The Kier molecular flexibility index (Phi) is 5.52. The molecule has 0 radical (unpaired) electrons. The minimum absolute atomic E-state index is 0.348. The number of methoxy groups -OCH3 is 1. The second kappa shape index (κ2) is 8.61. The molecule has 5 rings (SSSR count). The standard InChI is InChI=1S/C26H21ClN2O3/c1-31-26(30)21-8-6-19(14-22(21)27)16-2-4-18(5-3-16)25-29-23-15-20(7-9-24(23)32-25)17-10-12-28-13-11-17/h2-10,14-15,28H,11-13H2,1H3. The molecular formula is C26H21ClN2O3. The van der Waals surface area contributed by atoms with E-state index in [4.69, 9.17) is 25.7 Å². The fourth-order valence-corrected chi connectivity index (χ4v) is 4.17. The molecule has 32 heavy (non-hydrogen) atoms. The molecule has 2 heterocycles. The van der Waals surface area contributed by atoms with Crippen LogP contribution >= 0.6 is 11.6 Å². The molecule has 160 valence electrons. The zero-order valence-electron chi connectivity index (χ0n) is 17.5. The van der Waals surface area contributed by atoms with Gasteiger partial charge in [-0.2, -0.15) is 0 Å². The third-order valence-corrected chi connectivity index (χ3v) is 5.97. The molecule has 1 aliphatic rings. The van der Waals surface area contributed by atoms with Crippen LogP contribution in [0.1, 0.15) is 22.3 Å². The lowest BCUT2D eigenvalue weighted by Gasteiger charge is -2.13. The summed E-state index contributed by atoms with van der Waals surface area (Å²) in [5.74, 6) is 0.134. The van der Waals surface area contributed by atoms with E-state index in [0.717, 1.165) is 47.3 Å². The second-order valence-corrected chi connectivity index (χ2v) is 8.06. The van der Waals surface area contributed by atoms with Crippen molar-refractivity contribution in [2.24, 2.45) is 0 Å². The van der Waals surface area contributed by atoms with Gasteiger partial charge in [-0.15, -0.1) is 0 Å². The lowest BCUT2D eigenvalue weighted by molar-refractivity contribution is 0.0601. The van der Waals surface area contributed by atoms with E-state index in [0.29, 0.717) is 16.5 Å². The number of oxazole rings is 1. The maximum absolute atomic E-state index is 11.7. The number of hydrogen-bond acceptors (Lipinski definition) is 5. The van der Waals surface area contributed by atoms with Crippen molar-refractivity contribution < 1.29 is 13.9 Å². The molecule has 0 spiro atoms. The number of rotatable bonds is 4. The van der Waals surface area contributed by atoms with Crippen molar-refractivity contribution in [3.63, 3.8) is 0 Å². The van der Waals surface area contributed by atoms with Gasteiger partial charge in [-0.25, -0.2) is 9.78 Å². The van der Waals surface area contributed by atoms with Crippen molar-refractivity contribution in [2.45, 2.75) is 6.42 Å². The SMILES string of the molecule is COC(=O)c1ccc(-c2ccc(-c3nc4cc(C5=CCNCC5)ccc4o3)cc2)cc1Cl. The number of fused-ring (bicyclic) bond motifs is 1. The fourth-order valence-electron chi connectivity index (χ4n) is 3.91. The molecular weight excluding hydrogens is 424 g/mol. The predicted octanol–water partition coefficient (Wildman–Crippen LogP) is 5.98.